The zero-order chi connectivity index (χ0) is 18.6. The smallest absolute Gasteiger partial charge is 0.237 e. The molecule has 0 aliphatic heterocycles. The first-order valence-electron chi connectivity index (χ1n) is 7.37. The third-order valence-corrected chi connectivity index (χ3v) is 4.81. The van der Waals surface area contributed by atoms with Crippen LogP contribution in [0.5, 0.6) is 0 Å². The molecular weight excluding hydrogens is 369 g/mol. The van der Waals surface area contributed by atoms with Crippen molar-refractivity contribution in [3.05, 3.63) is 34.9 Å². The molecule has 10 heteroatoms. The summed E-state index contributed by atoms with van der Waals surface area (Å²) in [4.78, 5) is 23.1. The lowest BCUT2D eigenvalue weighted by Crippen LogP contribution is -2.23. The lowest BCUT2D eigenvalue weighted by molar-refractivity contribution is -0.118. The maximum atomic E-state index is 13.0. The van der Waals surface area contributed by atoms with Crippen molar-refractivity contribution in [3.63, 3.8) is 0 Å². The molecule has 0 spiro atoms. The fraction of sp³-hybridized carbons (Fsp3) is 0.333. The van der Waals surface area contributed by atoms with E-state index in [4.69, 9.17) is 17.3 Å². The van der Waals surface area contributed by atoms with Crippen LogP contribution in [0, 0.1) is 5.82 Å². The van der Waals surface area contributed by atoms with Gasteiger partial charge < -0.3 is 15.6 Å². The average Bonchev–Trinajstić information content (AvgIpc) is 2.88. The molecule has 0 aliphatic rings. The van der Waals surface area contributed by atoms with E-state index in [1.54, 1.807) is 18.5 Å². The molecule has 2 aromatic rings. The van der Waals surface area contributed by atoms with Crippen molar-refractivity contribution < 1.29 is 14.0 Å². The van der Waals surface area contributed by atoms with Gasteiger partial charge in [-0.2, -0.15) is 0 Å². The Hall–Kier alpha value is -2.13. The Morgan fingerprint density at radius 2 is 2.16 bits per heavy atom. The van der Waals surface area contributed by atoms with Crippen molar-refractivity contribution in [1.29, 1.82) is 0 Å². The number of halogens is 2. The summed E-state index contributed by atoms with van der Waals surface area (Å²) in [6.45, 7) is 1.70. The number of carbonyl (C=O) groups is 2. The number of nitrogens with zero attached hydrogens (tertiary/aromatic N) is 3. The Balaban J connectivity index is 2.00. The number of primary amides is 1. The van der Waals surface area contributed by atoms with Gasteiger partial charge in [0.1, 0.15) is 11.6 Å². The van der Waals surface area contributed by atoms with Gasteiger partial charge in [0.05, 0.1) is 16.0 Å². The van der Waals surface area contributed by atoms with Gasteiger partial charge in [0.15, 0.2) is 5.16 Å². The molecule has 1 aromatic carbocycles. The van der Waals surface area contributed by atoms with E-state index in [2.05, 4.69) is 15.5 Å². The molecule has 0 unspecified atom stereocenters. The van der Waals surface area contributed by atoms with Crippen LogP contribution in [0.3, 0.4) is 0 Å². The third-order valence-electron chi connectivity index (χ3n) is 3.36. The van der Waals surface area contributed by atoms with Crippen molar-refractivity contribution in [2.75, 3.05) is 5.32 Å². The van der Waals surface area contributed by atoms with Crippen LogP contribution in [0.2, 0.25) is 5.02 Å². The molecule has 0 fully saturated rings. The fourth-order valence-electron chi connectivity index (χ4n) is 1.94. The summed E-state index contributed by atoms with van der Waals surface area (Å²) < 4.78 is 14.8. The number of anilines is 1. The van der Waals surface area contributed by atoms with Crippen LogP contribution in [-0.2, 0) is 23.1 Å². The normalized spacial score (nSPS) is 12.0. The SMILES string of the molecule is C[C@@H](Sc1nnc(CCC(N)=O)n1C)C(=O)Nc1ccc(F)cc1Cl. The number of amides is 2. The highest BCUT2D eigenvalue weighted by Crippen LogP contribution is 2.26. The van der Waals surface area contributed by atoms with Crippen LogP contribution < -0.4 is 11.1 Å². The number of rotatable bonds is 7. The molecule has 0 aliphatic carbocycles. The molecule has 134 valence electrons. The summed E-state index contributed by atoms with van der Waals surface area (Å²) in [6, 6.07) is 3.74. The van der Waals surface area contributed by atoms with Gasteiger partial charge in [-0.15, -0.1) is 10.2 Å². The van der Waals surface area contributed by atoms with E-state index in [9.17, 15) is 14.0 Å². The van der Waals surface area contributed by atoms with Crippen LogP contribution in [0.25, 0.3) is 0 Å². The van der Waals surface area contributed by atoms with Gasteiger partial charge in [-0.25, -0.2) is 4.39 Å². The van der Waals surface area contributed by atoms with Crippen LogP contribution >= 0.6 is 23.4 Å². The minimum atomic E-state index is -0.493. The zero-order valence-electron chi connectivity index (χ0n) is 13.6. The maximum Gasteiger partial charge on any atom is 0.237 e. The van der Waals surface area contributed by atoms with Crippen molar-refractivity contribution in [1.82, 2.24) is 14.8 Å². The lowest BCUT2D eigenvalue weighted by Gasteiger charge is -2.12. The van der Waals surface area contributed by atoms with Crippen molar-refractivity contribution in [3.8, 4) is 0 Å². The number of aryl methyl sites for hydroxylation is 1. The largest absolute Gasteiger partial charge is 0.370 e. The van der Waals surface area contributed by atoms with E-state index in [-0.39, 0.29) is 17.4 Å². The molecule has 2 rings (SSSR count). The van der Waals surface area contributed by atoms with Gasteiger partial charge in [0, 0.05) is 19.9 Å². The molecular formula is C15H17ClFN5O2S. The molecule has 25 heavy (non-hydrogen) atoms. The molecule has 3 N–H and O–H groups in total. The van der Waals surface area contributed by atoms with Crippen LogP contribution in [-0.4, -0.2) is 31.8 Å². The lowest BCUT2D eigenvalue weighted by atomic mass is 10.3. The van der Waals surface area contributed by atoms with Gasteiger partial charge in [0.25, 0.3) is 0 Å². The molecule has 1 aromatic heterocycles. The van der Waals surface area contributed by atoms with Crippen LogP contribution in [0.4, 0.5) is 10.1 Å². The second kappa shape index (κ2) is 8.30. The zero-order valence-corrected chi connectivity index (χ0v) is 15.2. The molecule has 1 heterocycles. The number of aromatic nitrogens is 3. The Bertz CT molecular complexity index is 798. The standard InChI is InChI=1S/C15H17ClFN5O2S/c1-8(14(24)19-11-4-3-9(17)7-10(11)16)25-15-21-20-13(22(15)2)6-5-12(18)23/h3-4,7-8H,5-6H2,1-2H3,(H2,18,23)(H,19,24)/t8-/m1/s1. The highest BCUT2D eigenvalue weighted by molar-refractivity contribution is 8.00. The van der Waals surface area contributed by atoms with Crippen molar-refractivity contribution >= 4 is 40.9 Å². The first-order valence-corrected chi connectivity index (χ1v) is 8.63. The Labute approximate surface area is 153 Å². The van der Waals surface area contributed by atoms with Crippen LogP contribution in [0.15, 0.2) is 23.4 Å². The molecule has 0 saturated heterocycles. The van der Waals surface area contributed by atoms with Gasteiger partial charge in [-0.05, 0) is 25.1 Å². The molecule has 2 amide bonds. The van der Waals surface area contributed by atoms with E-state index >= 15 is 0 Å². The highest BCUT2D eigenvalue weighted by atomic mass is 35.5. The number of carbonyl (C=O) groups excluding carboxylic acids is 2. The van der Waals surface area contributed by atoms with E-state index in [1.807, 2.05) is 0 Å². The molecule has 0 radical (unpaired) electrons. The first-order chi connectivity index (χ1) is 11.8. The topological polar surface area (TPSA) is 103 Å². The van der Waals surface area contributed by atoms with Gasteiger partial charge in [0.2, 0.25) is 11.8 Å². The maximum absolute atomic E-state index is 13.0. The number of nitrogens with two attached hydrogens (primary N) is 1. The Morgan fingerprint density at radius 1 is 1.44 bits per heavy atom. The van der Waals surface area contributed by atoms with E-state index < -0.39 is 17.0 Å². The summed E-state index contributed by atoms with van der Waals surface area (Å²) in [7, 11) is 1.75. The molecule has 7 nitrogen and oxygen atoms in total. The summed E-state index contributed by atoms with van der Waals surface area (Å²) in [6.07, 6.45) is 0.556. The van der Waals surface area contributed by atoms with Crippen LogP contribution in [0.1, 0.15) is 19.2 Å². The predicted octanol–water partition coefficient (Wildman–Crippen LogP) is 2.14. The predicted molar refractivity (Wildman–Crippen MR) is 93.9 cm³/mol. The number of hydrogen-bond donors (Lipinski definition) is 2. The van der Waals surface area contributed by atoms with Gasteiger partial charge in [-0.1, -0.05) is 23.4 Å². The first kappa shape index (κ1) is 19.2. The van der Waals surface area contributed by atoms with Gasteiger partial charge in [-0.3, -0.25) is 9.59 Å². The van der Waals surface area contributed by atoms with E-state index in [0.717, 1.165) is 6.07 Å². The Kier molecular flexibility index (Phi) is 6.38. The van der Waals surface area contributed by atoms with E-state index in [1.165, 1.54) is 23.9 Å². The Morgan fingerprint density at radius 3 is 2.80 bits per heavy atom. The average molecular weight is 386 g/mol. The minimum absolute atomic E-state index is 0.123. The number of hydrogen-bond acceptors (Lipinski definition) is 5. The quantitative estimate of drug-likeness (QED) is 0.711. The second-order valence-electron chi connectivity index (χ2n) is 5.30. The second-order valence-corrected chi connectivity index (χ2v) is 7.01. The summed E-state index contributed by atoms with van der Waals surface area (Å²) in [5.74, 6) is -0.593. The van der Waals surface area contributed by atoms with Crippen molar-refractivity contribution in [2.24, 2.45) is 12.8 Å². The minimum Gasteiger partial charge on any atom is -0.370 e. The number of benzene rings is 1. The summed E-state index contributed by atoms with van der Waals surface area (Å²) in [5, 5.41) is 10.8. The van der Waals surface area contributed by atoms with Gasteiger partial charge >= 0.3 is 0 Å². The van der Waals surface area contributed by atoms with E-state index in [0.29, 0.717) is 23.1 Å². The third kappa shape index (κ3) is 5.17. The number of thioether (sulfide) groups is 1. The van der Waals surface area contributed by atoms with Crippen molar-refractivity contribution in [2.45, 2.75) is 30.2 Å². The number of nitrogens with one attached hydrogen (secondary N) is 1. The highest BCUT2D eigenvalue weighted by Gasteiger charge is 2.20. The fourth-order valence-corrected chi connectivity index (χ4v) is 2.99. The molecule has 0 bridgehead atoms. The molecule has 0 saturated carbocycles. The summed E-state index contributed by atoms with van der Waals surface area (Å²) >= 11 is 7.11. The molecule has 1 atom stereocenters. The monoisotopic (exact) mass is 385 g/mol. The summed E-state index contributed by atoms with van der Waals surface area (Å²) in [5.41, 5.74) is 5.46.